The van der Waals surface area contributed by atoms with Crippen molar-refractivity contribution in [2.24, 2.45) is 5.92 Å². The SMILES string of the molecule is Cc1cccc(OCCC(=O)NC2C=CC(C(=O)O)C2)c1. The summed E-state index contributed by atoms with van der Waals surface area (Å²) < 4.78 is 5.51. The van der Waals surface area contributed by atoms with E-state index < -0.39 is 11.9 Å². The van der Waals surface area contributed by atoms with Gasteiger partial charge in [0.25, 0.3) is 0 Å². The minimum absolute atomic E-state index is 0.136. The summed E-state index contributed by atoms with van der Waals surface area (Å²) in [4.78, 5) is 22.6. The topological polar surface area (TPSA) is 75.6 Å². The van der Waals surface area contributed by atoms with Gasteiger partial charge in [-0.1, -0.05) is 24.3 Å². The van der Waals surface area contributed by atoms with Gasteiger partial charge in [-0.15, -0.1) is 0 Å². The van der Waals surface area contributed by atoms with Crippen LogP contribution in [-0.2, 0) is 9.59 Å². The lowest BCUT2D eigenvalue weighted by molar-refractivity contribution is -0.140. The summed E-state index contributed by atoms with van der Waals surface area (Å²) in [6.07, 6.45) is 4.02. The molecule has 21 heavy (non-hydrogen) atoms. The molecule has 0 saturated heterocycles. The van der Waals surface area contributed by atoms with Crippen LogP contribution in [0.1, 0.15) is 18.4 Å². The summed E-state index contributed by atoms with van der Waals surface area (Å²) in [5.74, 6) is -0.748. The Morgan fingerprint density at radius 3 is 2.86 bits per heavy atom. The molecule has 0 spiro atoms. The number of hydrogen-bond donors (Lipinski definition) is 2. The van der Waals surface area contributed by atoms with Gasteiger partial charge < -0.3 is 15.2 Å². The Labute approximate surface area is 123 Å². The molecule has 1 aliphatic carbocycles. The molecule has 112 valence electrons. The third kappa shape index (κ3) is 4.63. The van der Waals surface area contributed by atoms with Crippen LogP contribution in [0.3, 0.4) is 0 Å². The first-order valence-electron chi connectivity index (χ1n) is 6.94. The van der Waals surface area contributed by atoms with Gasteiger partial charge in [-0.2, -0.15) is 0 Å². The first-order chi connectivity index (χ1) is 10.0. The van der Waals surface area contributed by atoms with Crippen molar-refractivity contribution in [1.29, 1.82) is 0 Å². The minimum Gasteiger partial charge on any atom is -0.493 e. The number of ether oxygens (including phenoxy) is 1. The van der Waals surface area contributed by atoms with Crippen molar-refractivity contribution in [1.82, 2.24) is 5.32 Å². The second-order valence-electron chi connectivity index (χ2n) is 5.15. The molecule has 2 N–H and O–H groups in total. The van der Waals surface area contributed by atoms with Crippen molar-refractivity contribution in [2.75, 3.05) is 6.61 Å². The highest BCUT2D eigenvalue weighted by Gasteiger charge is 2.25. The first-order valence-corrected chi connectivity index (χ1v) is 6.94. The van der Waals surface area contributed by atoms with Gasteiger partial charge in [0.05, 0.1) is 18.9 Å². The summed E-state index contributed by atoms with van der Waals surface area (Å²) in [5, 5.41) is 11.7. The van der Waals surface area contributed by atoms with Crippen LogP contribution in [0.25, 0.3) is 0 Å². The highest BCUT2D eigenvalue weighted by molar-refractivity contribution is 5.77. The Morgan fingerprint density at radius 2 is 2.19 bits per heavy atom. The van der Waals surface area contributed by atoms with Crippen molar-refractivity contribution >= 4 is 11.9 Å². The van der Waals surface area contributed by atoms with E-state index in [4.69, 9.17) is 9.84 Å². The quantitative estimate of drug-likeness (QED) is 0.784. The predicted molar refractivity (Wildman–Crippen MR) is 78.1 cm³/mol. The molecule has 2 atom stereocenters. The monoisotopic (exact) mass is 289 g/mol. The van der Waals surface area contributed by atoms with Crippen LogP contribution in [0.2, 0.25) is 0 Å². The second-order valence-corrected chi connectivity index (χ2v) is 5.15. The van der Waals surface area contributed by atoms with Crippen molar-refractivity contribution in [2.45, 2.75) is 25.8 Å². The summed E-state index contributed by atoms with van der Waals surface area (Å²) >= 11 is 0. The lowest BCUT2D eigenvalue weighted by Crippen LogP contribution is -2.34. The Hall–Kier alpha value is -2.30. The number of rotatable bonds is 6. The number of benzene rings is 1. The largest absolute Gasteiger partial charge is 0.493 e. The van der Waals surface area contributed by atoms with E-state index in [0.29, 0.717) is 13.0 Å². The zero-order chi connectivity index (χ0) is 15.2. The standard InChI is InChI=1S/C16H19NO4/c1-11-3-2-4-14(9-11)21-8-7-15(18)17-13-6-5-12(10-13)16(19)20/h2-6,9,12-13H,7-8,10H2,1H3,(H,17,18)(H,19,20). The van der Waals surface area contributed by atoms with Gasteiger partial charge in [0.15, 0.2) is 0 Å². The molecule has 0 aromatic heterocycles. The molecular formula is C16H19NO4. The van der Waals surface area contributed by atoms with Gasteiger partial charge in [0.1, 0.15) is 5.75 Å². The van der Waals surface area contributed by atoms with E-state index in [1.807, 2.05) is 31.2 Å². The number of carbonyl (C=O) groups excluding carboxylic acids is 1. The van der Waals surface area contributed by atoms with Crippen LogP contribution in [0.5, 0.6) is 5.75 Å². The molecule has 1 aromatic carbocycles. The summed E-state index contributed by atoms with van der Waals surface area (Å²) in [7, 11) is 0. The molecule has 1 amide bonds. The Kier molecular flexibility index (Phi) is 4.98. The van der Waals surface area contributed by atoms with Gasteiger partial charge in [0.2, 0.25) is 5.91 Å². The van der Waals surface area contributed by atoms with Crippen LogP contribution in [0, 0.1) is 12.8 Å². The number of carbonyl (C=O) groups is 2. The van der Waals surface area contributed by atoms with Crippen LogP contribution < -0.4 is 10.1 Å². The van der Waals surface area contributed by atoms with E-state index in [1.54, 1.807) is 12.2 Å². The van der Waals surface area contributed by atoms with E-state index in [1.165, 1.54) is 0 Å². The minimum atomic E-state index is -0.856. The highest BCUT2D eigenvalue weighted by Crippen LogP contribution is 2.18. The number of aliphatic carboxylic acids is 1. The predicted octanol–water partition coefficient (Wildman–Crippen LogP) is 1.91. The number of amides is 1. The normalized spacial score (nSPS) is 20.2. The molecule has 0 fully saturated rings. The second kappa shape index (κ2) is 6.92. The Bertz CT molecular complexity index is 553. The summed E-state index contributed by atoms with van der Waals surface area (Å²) in [6, 6.07) is 7.44. The highest BCUT2D eigenvalue weighted by atomic mass is 16.5. The van der Waals surface area contributed by atoms with Crippen LogP contribution >= 0.6 is 0 Å². The van der Waals surface area contributed by atoms with E-state index >= 15 is 0 Å². The number of nitrogens with one attached hydrogen (secondary N) is 1. The number of carboxylic acids is 1. The van der Waals surface area contributed by atoms with E-state index in [9.17, 15) is 9.59 Å². The van der Waals surface area contributed by atoms with Crippen molar-refractivity contribution in [3.63, 3.8) is 0 Å². The van der Waals surface area contributed by atoms with Gasteiger partial charge in [0, 0.05) is 6.04 Å². The van der Waals surface area contributed by atoms with Crippen molar-refractivity contribution in [3.05, 3.63) is 42.0 Å². The van der Waals surface area contributed by atoms with E-state index in [0.717, 1.165) is 11.3 Å². The molecule has 1 aromatic rings. The number of hydrogen-bond acceptors (Lipinski definition) is 3. The Morgan fingerprint density at radius 1 is 1.38 bits per heavy atom. The van der Waals surface area contributed by atoms with Crippen LogP contribution in [-0.4, -0.2) is 29.6 Å². The molecular weight excluding hydrogens is 270 g/mol. The third-order valence-electron chi connectivity index (χ3n) is 3.33. The molecule has 0 radical (unpaired) electrons. The zero-order valence-electron chi connectivity index (χ0n) is 11.9. The molecule has 2 rings (SSSR count). The maximum atomic E-state index is 11.8. The average molecular weight is 289 g/mol. The summed E-state index contributed by atoms with van der Waals surface area (Å²) in [6.45, 7) is 2.28. The first kappa shape index (κ1) is 15.1. The molecule has 5 nitrogen and oxygen atoms in total. The molecule has 1 aliphatic rings. The molecule has 0 bridgehead atoms. The van der Waals surface area contributed by atoms with Gasteiger partial charge in [-0.3, -0.25) is 9.59 Å². The van der Waals surface area contributed by atoms with E-state index in [-0.39, 0.29) is 18.4 Å². The molecule has 0 aliphatic heterocycles. The third-order valence-corrected chi connectivity index (χ3v) is 3.33. The molecule has 2 unspecified atom stereocenters. The summed E-state index contributed by atoms with van der Waals surface area (Å²) in [5.41, 5.74) is 1.10. The van der Waals surface area contributed by atoms with Crippen molar-refractivity contribution in [3.8, 4) is 5.75 Å². The lowest BCUT2D eigenvalue weighted by atomic mass is 10.1. The fourth-order valence-corrected chi connectivity index (χ4v) is 2.23. The lowest BCUT2D eigenvalue weighted by Gasteiger charge is -2.12. The van der Waals surface area contributed by atoms with E-state index in [2.05, 4.69) is 5.32 Å². The fraction of sp³-hybridized carbons (Fsp3) is 0.375. The smallest absolute Gasteiger partial charge is 0.310 e. The van der Waals surface area contributed by atoms with Crippen LogP contribution in [0.15, 0.2) is 36.4 Å². The molecule has 0 saturated carbocycles. The maximum absolute atomic E-state index is 11.8. The zero-order valence-corrected chi connectivity index (χ0v) is 11.9. The number of aryl methyl sites for hydroxylation is 1. The Balaban J connectivity index is 1.69. The van der Waals surface area contributed by atoms with Gasteiger partial charge in [-0.25, -0.2) is 0 Å². The molecule has 0 heterocycles. The maximum Gasteiger partial charge on any atom is 0.310 e. The van der Waals surface area contributed by atoms with Gasteiger partial charge >= 0.3 is 5.97 Å². The van der Waals surface area contributed by atoms with Gasteiger partial charge in [-0.05, 0) is 31.0 Å². The molecule has 5 heteroatoms. The average Bonchev–Trinajstić information content (AvgIpc) is 2.87. The van der Waals surface area contributed by atoms with Crippen molar-refractivity contribution < 1.29 is 19.4 Å². The fourth-order valence-electron chi connectivity index (χ4n) is 2.23. The number of carboxylic acid groups (broad SMARTS) is 1. The van der Waals surface area contributed by atoms with Crippen LogP contribution in [0.4, 0.5) is 0 Å².